The summed E-state index contributed by atoms with van der Waals surface area (Å²) >= 11 is 0. The highest BCUT2D eigenvalue weighted by atomic mass is 16.5. The molecule has 2 aromatic rings. The zero-order valence-corrected chi connectivity index (χ0v) is 8.93. The van der Waals surface area contributed by atoms with Gasteiger partial charge in [0.15, 0.2) is 0 Å². The first kappa shape index (κ1) is 10.4. The summed E-state index contributed by atoms with van der Waals surface area (Å²) in [5.41, 5.74) is 1.11. The molecule has 0 aliphatic heterocycles. The van der Waals surface area contributed by atoms with E-state index in [1.54, 1.807) is 24.4 Å². The first-order valence-corrected chi connectivity index (χ1v) is 4.70. The summed E-state index contributed by atoms with van der Waals surface area (Å²) in [6.45, 7) is 1.42. The first-order chi connectivity index (χ1) is 7.61. The molecule has 1 aromatic carbocycles. The van der Waals surface area contributed by atoms with Gasteiger partial charge >= 0.3 is 5.97 Å². The second-order valence-electron chi connectivity index (χ2n) is 3.36. The molecule has 0 saturated carbocycles. The van der Waals surface area contributed by atoms with Crippen LogP contribution in [0.2, 0.25) is 0 Å². The van der Waals surface area contributed by atoms with Crippen molar-refractivity contribution in [1.29, 1.82) is 0 Å². The van der Waals surface area contributed by atoms with E-state index in [-0.39, 0.29) is 5.91 Å². The lowest BCUT2D eigenvalue weighted by Gasteiger charge is -1.97. The molecule has 0 saturated heterocycles. The second-order valence-corrected chi connectivity index (χ2v) is 3.36. The third kappa shape index (κ3) is 1.67. The predicted octanol–water partition coefficient (Wildman–Crippen LogP) is 1.48. The van der Waals surface area contributed by atoms with Gasteiger partial charge in [-0.2, -0.15) is 5.10 Å². The van der Waals surface area contributed by atoms with Crippen LogP contribution in [0.3, 0.4) is 0 Å². The van der Waals surface area contributed by atoms with Gasteiger partial charge in [0.1, 0.15) is 0 Å². The van der Waals surface area contributed by atoms with Gasteiger partial charge in [-0.1, -0.05) is 0 Å². The lowest BCUT2D eigenvalue weighted by molar-refractivity contribution is 0.0600. The fraction of sp³-hybridized carbons (Fsp3) is 0.182. The Bertz CT molecular complexity index is 572. The summed E-state index contributed by atoms with van der Waals surface area (Å²) in [5.74, 6) is -0.576. The summed E-state index contributed by atoms with van der Waals surface area (Å²) in [4.78, 5) is 22.4. The van der Waals surface area contributed by atoms with Crippen molar-refractivity contribution in [2.45, 2.75) is 6.92 Å². The van der Waals surface area contributed by atoms with Gasteiger partial charge in [0.05, 0.1) is 18.2 Å². The standard InChI is InChI=1S/C11H10N2O3/c1-7(14)13-6-9-5-8(11(15)16-2)3-4-10(9)12-13/h3-6H,1-2H3. The van der Waals surface area contributed by atoms with Crippen LogP contribution in [0, 0.1) is 0 Å². The average Bonchev–Trinajstić information content (AvgIpc) is 2.70. The molecule has 0 fully saturated rings. The summed E-state index contributed by atoms with van der Waals surface area (Å²) < 4.78 is 5.85. The van der Waals surface area contributed by atoms with Crippen LogP contribution in [0.25, 0.3) is 10.9 Å². The Hall–Kier alpha value is -2.17. The van der Waals surface area contributed by atoms with Crippen LogP contribution < -0.4 is 0 Å². The molecule has 1 aromatic heterocycles. The minimum atomic E-state index is -0.405. The monoisotopic (exact) mass is 218 g/mol. The maximum Gasteiger partial charge on any atom is 0.337 e. The van der Waals surface area contributed by atoms with Crippen molar-refractivity contribution in [3.05, 3.63) is 30.0 Å². The van der Waals surface area contributed by atoms with Gasteiger partial charge in [0, 0.05) is 18.5 Å². The predicted molar refractivity (Wildman–Crippen MR) is 57.4 cm³/mol. The Labute approximate surface area is 91.6 Å². The van der Waals surface area contributed by atoms with Crippen molar-refractivity contribution in [1.82, 2.24) is 9.78 Å². The van der Waals surface area contributed by atoms with Crippen LogP contribution in [0.4, 0.5) is 0 Å². The Morgan fingerprint density at radius 2 is 2.12 bits per heavy atom. The van der Waals surface area contributed by atoms with E-state index < -0.39 is 5.97 Å². The van der Waals surface area contributed by atoms with Gasteiger partial charge < -0.3 is 4.74 Å². The quantitative estimate of drug-likeness (QED) is 0.680. The van der Waals surface area contributed by atoms with Crippen LogP contribution in [-0.4, -0.2) is 28.8 Å². The van der Waals surface area contributed by atoms with Crippen molar-refractivity contribution in [2.24, 2.45) is 0 Å². The van der Waals surface area contributed by atoms with Crippen molar-refractivity contribution in [2.75, 3.05) is 7.11 Å². The Morgan fingerprint density at radius 1 is 1.38 bits per heavy atom. The second kappa shape index (κ2) is 3.77. The normalized spacial score (nSPS) is 10.4. The van der Waals surface area contributed by atoms with Crippen LogP contribution in [-0.2, 0) is 4.74 Å². The molecule has 0 unspecified atom stereocenters. The van der Waals surface area contributed by atoms with Gasteiger partial charge in [-0.3, -0.25) is 4.79 Å². The van der Waals surface area contributed by atoms with Crippen molar-refractivity contribution in [3.63, 3.8) is 0 Å². The lowest BCUT2D eigenvalue weighted by atomic mass is 10.2. The topological polar surface area (TPSA) is 61.2 Å². The van der Waals surface area contributed by atoms with Crippen LogP contribution >= 0.6 is 0 Å². The summed E-state index contributed by atoms with van der Waals surface area (Å²) in [6.07, 6.45) is 1.59. The molecule has 16 heavy (non-hydrogen) atoms. The van der Waals surface area contributed by atoms with Gasteiger partial charge in [-0.25, -0.2) is 9.48 Å². The van der Waals surface area contributed by atoms with Crippen molar-refractivity contribution >= 4 is 22.8 Å². The smallest absolute Gasteiger partial charge is 0.337 e. The number of hydrogen-bond acceptors (Lipinski definition) is 4. The molecule has 1 heterocycles. The van der Waals surface area contributed by atoms with E-state index in [0.29, 0.717) is 11.1 Å². The molecule has 0 amide bonds. The molecular formula is C11H10N2O3. The van der Waals surface area contributed by atoms with Gasteiger partial charge in [0.25, 0.3) is 0 Å². The maximum absolute atomic E-state index is 11.3. The SMILES string of the molecule is COC(=O)c1ccc2nn(C(C)=O)cc2c1. The van der Waals surface area contributed by atoms with Crippen molar-refractivity contribution in [3.8, 4) is 0 Å². The zero-order chi connectivity index (χ0) is 11.7. The lowest BCUT2D eigenvalue weighted by Crippen LogP contribution is -2.04. The largest absolute Gasteiger partial charge is 0.465 e. The third-order valence-corrected chi connectivity index (χ3v) is 2.25. The fourth-order valence-corrected chi connectivity index (χ4v) is 1.43. The van der Waals surface area contributed by atoms with Crippen LogP contribution in [0.5, 0.6) is 0 Å². The first-order valence-electron chi connectivity index (χ1n) is 4.70. The van der Waals surface area contributed by atoms with Gasteiger partial charge in [-0.15, -0.1) is 0 Å². The number of hydrogen-bond donors (Lipinski definition) is 0. The van der Waals surface area contributed by atoms with Crippen molar-refractivity contribution < 1.29 is 14.3 Å². The Balaban J connectivity index is 2.53. The van der Waals surface area contributed by atoms with E-state index in [0.717, 1.165) is 5.39 Å². The highest BCUT2D eigenvalue weighted by Crippen LogP contribution is 2.15. The molecule has 2 rings (SSSR count). The minimum Gasteiger partial charge on any atom is -0.465 e. The Kier molecular flexibility index (Phi) is 2.44. The minimum absolute atomic E-state index is 0.171. The summed E-state index contributed by atoms with van der Waals surface area (Å²) in [6, 6.07) is 4.94. The third-order valence-electron chi connectivity index (χ3n) is 2.25. The molecule has 0 radical (unpaired) electrons. The molecule has 5 nitrogen and oxygen atoms in total. The summed E-state index contributed by atoms with van der Waals surface area (Å²) in [7, 11) is 1.32. The molecule has 0 spiro atoms. The van der Waals surface area contributed by atoms with E-state index >= 15 is 0 Å². The van der Waals surface area contributed by atoms with Crippen LogP contribution in [0.1, 0.15) is 22.1 Å². The van der Waals surface area contributed by atoms with Gasteiger partial charge in [0.2, 0.25) is 5.91 Å². The number of esters is 1. The summed E-state index contributed by atoms with van der Waals surface area (Å²) in [5, 5.41) is 4.79. The molecule has 0 bridgehead atoms. The maximum atomic E-state index is 11.3. The fourth-order valence-electron chi connectivity index (χ4n) is 1.43. The highest BCUT2D eigenvalue weighted by Gasteiger charge is 2.09. The van der Waals surface area contributed by atoms with E-state index in [1.165, 1.54) is 18.7 Å². The Morgan fingerprint density at radius 3 is 2.75 bits per heavy atom. The van der Waals surface area contributed by atoms with E-state index in [1.807, 2.05) is 0 Å². The molecule has 5 heteroatoms. The number of benzene rings is 1. The molecule has 0 aliphatic carbocycles. The molecule has 0 aliphatic rings. The average molecular weight is 218 g/mol. The van der Waals surface area contributed by atoms with Gasteiger partial charge in [-0.05, 0) is 18.2 Å². The number of nitrogens with zero attached hydrogens (tertiary/aromatic N) is 2. The number of methoxy groups -OCH3 is 1. The van der Waals surface area contributed by atoms with E-state index in [2.05, 4.69) is 9.84 Å². The number of carbonyl (C=O) groups excluding carboxylic acids is 2. The molecular weight excluding hydrogens is 208 g/mol. The van der Waals surface area contributed by atoms with E-state index in [4.69, 9.17) is 0 Å². The highest BCUT2D eigenvalue weighted by molar-refractivity contribution is 5.95. The molecule has 0 N–H and O–H groups in total. The van der Waals surface area contributed by atoms with Crippen LogP contribution in [0.15, 0.2) is 24.4 Å². The number of aromatic nitrogens is 2. The molecule has 0 atom stereocenters. The number of carbonyl (C=O) groups is 2. The zero-order valence-electron chi connectivity index (χ0n) is 8.93. The van der Waals surface area contributed by atoms with E-state index in [9.17, 15) is 9.59 Å². The number of rotatable bonds is 1. The number of fused-ring (bicyclic) bond motifs is 1. The number of ether oxygens (including phenoxy) is 1. The molecule has 82 valence electrons.